The molecule has 3 aliphatic heterocycles. The lowest BCUT2D eigenvalue weighted by atomic mass is 9.79. The molecule has 2 saturated heterocycles. The van der Waals surface area contributed by atoms with Gasteiger partial charge in [0.05, 0.1) is 11.2 Å². The van der Waals surface area contributed by atoms with Crippen molar-refractivity contribution in [2.45, 2.75) is 84.2 Å². The maximum absolute atomic E-state index is 12.2. The van der Waals surface area contributed by atoms with E-state index in [1.165, 1.54) is 0 Å². The van der Waals surface area contributed by atoms with Crippen LogP contribution >= 0.6 is 0 Å². The Balaban J connectivity index is 1.54. The molecule has 0 bridgehead atoms. The summed E-state index contributed by atoms with van der Waals surface area (Å²) in [5.41, 5.74) is 3.44. The number of ether oxygens (including phenoxy) is 1. The van der Waals surface area contributed by atoms with E-state index >= 15 is 0 Å². The number of carbonyl (C=O) groups is 1. The number of hydrogen-bond donors (Lipinski definition) is 1. The van der Waals surface area contributed by atoms with E-state index in [0.29, 0.717) is 19.1 Å². The van der Waals surface area contributed by atoms with E-state index in [1.807, 2.05) is 20.8 Å². The van der Waals surface area contributed by atoms with Crippen LogP contribution in [0.15, 0.2) is 11.7 Å². The topological polar surface area (TPSA) is 63.3 Å². The molecule has 0 saturated carbocycles. The van der Waals surface area contributed by atoms with Gasteiger partial charge in [-0.15, -0.1) is 0 Å². The third kappa shape index (κ3) is 4.44. The van der Waals surface area contributed by atoms with Gasteiger partial charge in [-0.05, 0) is 66.8 Å². The molecule has 152 valence electrons. The minimum Gasteiger partial charge on any atom is -0.444 e. The average molecular weight is 379 g/mol. The summed E-state index contributed by atoms with van der Waals surface area (Å²) >= 11 is 0. The summed E-state index contributed by atoms with van der Waals surface area (Å²) in [6.45, 7) is 16.1. The number of nitrogens with one attached hydrogen (secondary N) is 1. The molecule has 3 heterocycles. The highest BCUT2D eigenvalue weighted by Gasteiger charge is 2.53. The number of amides is 1. The molecule has 7 nitrogen and oxygen atoms in total. The Bertz CT molecular complexity index is 591. The fraction of sp³-hybridized carbons (Fsp3) is 0.842. The van der Waals surface area contributed by atoms with Crippen LogP contribution in [-0.2, 0) is 14.0 Å². The van der Waals surface area contributed by atoms with Gasteiger partial charge in [0.15, 0.2) is 0 Å². The van der Waals surface area contributed by atoms with E-state index in [1.54, 1.807) is 4.90 Å². The van der Waals surface area contributed by atoms with Gasteiger partial charge >= 0.3 is 13.2 Å². The molecule has 0 aromatic heterocycles. The minimum atomic E-state index is -0.453. The molecule has 1 N–H and O–H groups in total. The number of likely N-dealkylation sites (tertiary alicyclic amines) is 1. The molecular formula is C19H34BN3O4. The van der Waals surface area contributed by atoms with E-state index in [-0.39, 0.29) is 24.4 Å². The zero-order valence-electron chi connectivity index (χ0n) is 17.8. The molecule has 27 heavy (non-hydrogen) atoms. The van der Waals surface area contributed by atoms with Crippen LogP contribution in [0.1, 0.15) is 61.3 Å². The zero-order chi connectivity index (χ0) is 20.0. The second-order valence-electron chi connectivity index (χ2n) is 9.73. The number of hydrogen-bond acceptors (Lipinski definition) is 6. The van der Waals surface area contributed by atoms with Crippen LogP contribution in [0.4, 0.5) is 4.79 Å². The van der Waals surface area contributed by atoms with Crippen molar-refractivity contribution in [2.24, 2.45) is 0 Å². The standard InChI is InChI=1S/C19H34BN3O4/c1-17(2,3)25-16(24)22-10-8-15(9-11-22)23-13-14(12-21-23)20-26-18(4,5)19(6,7)27-20/h13,15,21H,8-12H2,1-7H3. The van der Waals surface area contributed by atoms with Crippen molar-refractivity contribution in [3.05, 3.63) is 11.7 Å². The Kier molecular flexibility index (Phi) is 5.29. The minimum absolute atomic E-state index is 0.219. The smallest absolute Gasteiger partial charge is 0.444 e. The number of hydrazine groups is 1. The second-order valence-corrected chi connectivity index (χ2v) is 9.73. The summed E-state index contributed by atoms with van der Waals surface area (Å²) in [6.07, 6.45) is 3.71. The Morgan fingerprint density at radius 3 is 2.26 bits per heavy atom. The Morgan fingerprint density at radius 1 is 1.19 bits per heavy atom. The number of nitrogens with zero attached hydrogens (tertiary/aromatic N) is 2. The molecule has 0 aromatic carbocycles. The highest BCUT2D eigenvalue weighted by atomic mass is 16.7. The summed E-state index contributed by atoms with van der Waals surface area (Å²) in [7, 11) is -0.311. The molecule has 0 atom stereocenters. The Labute approximate surface area is 163 Å². The number of piperidine rings is 1. The molecule has 3 aliphatic rings. The molecule has 2 fully saturated rings. The van der Waals surface area contributed by atoms with Crippen molar-refractivity contribution in [3.8, 4) is 0 Å². The predicted molar refractivity (Wildman–Crippen MR) is 105 cm³/mol. The lowest BCUT2D eigenvalue weighted by Gasteiger charge is -2.37. The summed E-state index contributed by atoms with van der Waals surface area (Å²) in [5.74, 6) is 0. The molecule has 8 heteroatoms. The summed E-state index contributed by atoms with van der Waals surface area (Å²) in [5, 5.41) is 2.16. The SMILES string of the molecule is CC(C)(C)OC(=O)N1CCC(N2C=C(B3OC(C)(C)C(C)(C)O3)CN2)CC1. The van der Waals surface area contributed by atoms with Gasteiger partial charge in [-0.2, -0.15) is 0 Å². The molecular weight excluding hydrogens is 345 g/mol. The summed E-state index contributed by atoms with van der Waals surface area (Å²) < 4.78 is 17.8. The zero-order valence-corrected chi connectivity index (χ0v) is 17.8. The van der Waals surface area contributed by atoms with Gasteiger partial charge in [0, 0.05) is 31.9 Å². The molecule has 1 amide bonds. The van der Waals surface area contributed by atoms with Crippen LogP contribution in [0, 0.1) is 0 Å². The van der Waals surface area contributed by atoms with E-state index < -0.39 is 5.60 Å². The lowest BCUT2D eigenvalue weighted by molar-refractivity contribution is 0.00578. The molecule has 0 radical (unpaired) electrons. The van der Waals surface area contributed by atoms with Crippen molar-refractivity contribution in [1.82, 2.24) is 15.3 Å². The fourth-order valence-electron chi connectivity index (χ4n) is 3.48. The van der Waals surface area contributed by atoms with Crippen LogP contribution in [0.3, 0.4) is 0 Å². The normalized spacial score (nSPS) is 25.7. The van der Waals surface area contributed by atoms with Crippen molar-refractivity contribution < 1.29 is 18.8 Å². The number of rotatable bonds is 2. The van der Waals surface area contributed by atoms with Crippen LogP contribution in [0.25, 0.3) is 0 Å². The quantitative estimate of drug-likeness (QED) is 0.745. The molecule has 0 spiro atoms. The van der Waals surface area contributed by atoms with Gasteiger partial charge in [-0.25, -0.2) is 10.2 Å². The van der Waals surface area contributed by atoms with E-state index in [4.69, 9.17) is 14.0 Å². The second kappa shape index (κ2) is 6.97. The first-order valence-electron chi connectivity index (χ1n) is 9.94. The van der Waals surface area contributed by atoms with Crippen molar-refractivity contribution in [1.29, 1.82) is 0 Å². The maximum Gasteiger partial charge on any atom is 0.493 e. The average Bonchev–Trinajstić information content (AvgIpc) is 3.09. The molecule has 0 aliphatic carbocycles. The van der Waals surface area contributed by atoms with Crippen LogP contribution in [-0.4, -0.2) is 65.6 Å². The van der Waals surface area contributed by atoms with E-state index in [0.717, 1.165) is 24.9 Å². The third-order valence-electron chi connectivity index (χ3n) is 5.84. The van der Waals surface area contributed by atoms with Gasteiger partial charge in [-0.3, -0.25) is 0 Å². The van der Waals surface area contributed by atoms with Crippen LogP contribution < -0.4 is 5.43 Å². The number of carbonyl (C=O) groups excluding carboxylic acids is 1. The van der Waals surface area contributed by atoms with Crippen LogP contribution in [0.2, 0.25) is 0 Å². The van der Waals surface area contributed by atoms with Crippen molar-refractivity contribution in [2.75, 3.05) is 19.6 Å². The first-order valence-corrected chi connectivity index (χ1v) is 9.94. The fourth-order valence-corrected chi connectivity index (χ4v) is 3.48. The molecule has 0 aromatic rings. The largest absolute Gasteiger partial charge is 0.493 e. The Morgan fingerprint density at radius 2 is 1.74 bits per heavy atom. The molecule has 3 rings (SSSR count). The lowest BCUT2D eigenvalue weighted by Crippen LogP contribution is -2.48. The van der Waals surface area contributed by atoms with Gasteiger partial charge in [-0.1, -0.05) is 0 Å². The monoisotopic (exact) mass is 379 g/mol. The molecule has 0 unspecified atom stereocenters. The summed E-state index contributed by atoms with van der Waals surface area (Å²) in [6, 6.07) is 0.351. The van der Waals surface area contributed by atoms with Crippen molar-refractivity contribution in [3.63, 3.8) is 0 Å². The first-order chi connectivity index (χ1) is 12.4. The van der Waals surface area contributed by atoms with Crippen LogP contribution in [0.5, 0.6) is 0 Å². The highest BCUT2D eigenvalue weighted by molar-refractivity contribution is 6.54. The van der Waals surface area contributed by atoms with E-state index in [9.17, 15) is 4.79 Å². The van der Waals surface area contributed by atoms with E-state index in [2.05, 4.69) is 44.3 Å². The van der Waals surface area contributed by atoms with Gasteiger partial charge in [0.1, 0.15) is 5.60 Å². The Hall–Kier alpha value is -1.25. The van der Waals surface area contributed by atoms with Gasteiger partial charge in [0.25, 0.3) is 0 Å². The first kappa shape index (κ1) is 20.5. The van der Waals surface area contributed by atoms with Gasteiger partial charge in [0.2, 0.25) is 0 Å². The maximum atomic E-state index is 12.2. The third-order valence-corrected chi connectivity index (χ3v) is 5.84. The van der Waals surface area contributed by atoms with Gasteiger partial charge < -0.3 is 24.0 Å². The predicted octanol–water partition coefficient (Wildman–Crippen LogP) is 2.72. The summed E-state index contributed by atoms with van der Waals surface area (Å²) in [4.78, 5) is 14.0. The van der Waals surface area contributed by atoms with Crippen molar-refractivity contribution >= 4 is 13.2 Å². The highest BCUT2D eigenvalue weighted by Crippen LogP contribution is 2.39.